The number of carbonyl (C=O) groups is 1. The number of carbonyl (C=O) groups excluding carboxylic acids is 1. The molecule has 0 bridgehead atoms. The van der Waals surface area contributed by atoms with Crippen molar-refractivity contribution in [1.82, 2.24) is 0 Å². The summed E-state index contributed by atoms with van der Waals surface area (Å²) < 4.78 is 0. The molecule has 0 saturated carbocycles. The minimum atomic E-state index is 0.00636. The summed E-state index contributed by atoms with van der Waals surface area (Å²) in [5.41, 5.74) is 1.96. The number of anilines is 2. The van der Waals surface area contributed by atoms with Gasteiger partial charge in [-0.2, -0.15) is 0 Å². The third-order valence-corrected chi connectivity index (χ3v) is 3.08. The van der Waals surface area contributed by atoms with E-state index >= 15 is 0 Å². The number of benzene rings is 1. The predicted molar refractivity (Wildman–Crippen MR) is 82.5 cm³/mol. The van der Waals surface area contributed by atoms with E-state index in [1.807, 2.05) is 38.1 Å². The predicted octanol–water partition coefficient (Wildman–Crippen LogP) is 4.27. The molecule has 0 aliphatic carbocycles. The Morgan fingerprint density at radius 2 is 1.68 bits per heavy atom. The first-order valence-electron chi connectivity index (χ1n) is 7.20. The van der Waals surface area contributed by atoms with Gasteiger partial charge in [-0.3, -0.25) is 4.79 Å². The Morgan fingerprint density at radius 1 is 1.11 bits per heavy atom. The molecule has 106 valence electrons. The zero-order chi connectivity index (χ0) is 14.3. The van der Waals surface area contributed by atoms with Crippen LogP contribution in [0.1, 0.15) is 47.0 Å². The lowest BCUT2D eigenvalue weighted by Gasteiger charge is -2.15. The van der Waals surface area contributed by atoms with E-state index in [4.69, 9.17) is 0 Å². The van der Waals surface area contributed by atoms with E-state index in [1.54, 1.807) is 0 Å². The number of hydrogen-bond acceptors (Lipinski definition) is 2. The molecule has 3 heteroatoms. The van der Waals surface area contributed by atoms with E-state index in [2.05, 4.69) is 24.5 Å². The minimum absolute atomic E-state index is 0.00636. The van der Waals surface area contributed by atoms with Gasteiger partial charge in [0.1, 0.15) is 0 Å². The van der Waals surface area contributed by atoms with Crippen LogP contribution in [0.5, 0.6) is 0 Å². The average molecular weight is 262 g/mol. The normalized spacial score (nSPS) is 12.3. The Hall–Kier alpha value is -1.51. The van der Waals surface area contributed by atoms with Gasteiger partial charge in [0.25, 0.3) is 0 Å². The molecule has 0 radical (unpaired) electrons. The van der Waals surface area contributed by atoms with Crippen LogP contribution in [0, 0.1) is 5.92 Å². The molecule has 0 saturated heterocycles. The summed E-state index contributed by atoms with van der Waals surface area (Å²) in [6.45, 7) is 8.18. The standard InChI is InChI=1S/C16H26N2O/c1-5-6-7-13(4)17-14-8-10-15(11-9-14)18-16(19)12(2)3/h8-13,17H,5-7H2,1-4H3,(H,18,19). The van der Waals surface area contributed by atoms with E-state index in [0.717, 1.165) is 11.4 Å². The third-order valence-electron chi connectivity index (χ3n) is 3.08. The molecule has 0 aliphatic heterocycles. The van der Waals surface area contributed by atoms with Gasteiger partial charge >= 0.3 is 0 Å². The quantitative estimate of drug-likeness (QED) is 0.770. The highest BCUT2D eigenvalue weighted by Crippen LogP contribution is 2.16. The smallest absolute Gasteiger partial charge is 0.226 e. The lowest BCUT2D eigenvalue weighted by Crippen LogP contribution is -2.18. The first-order chi connectivity index (χ1) is 9.02. The summed E-state index contributed by atoms with van der Waals surface area (Å²) in [4.78, 5) is 11.6. The van der Waals surface area contributed by atoms with E-state index < -0.39 is 0 Å². The number of unbranched alkanes of at least 4 members (excludes halogenated alkanes) is 1. The molecule has 1 aromatic carbocycles. The van der Waals surface area contributed by atoms with E-state index in [-0.39, 0.29) is 11.8 Å². The maximum atomic E-state index is 11.6. The van der Waals surface area contributed by atoms with Crippen molar-refractivity contribution in [2.75, 3.05) is 10.6 Å². The summed E-state index contributed by atoms with van der Waals surface area (Å²) in [5.74, 6) is 0.0592. The molecule has 3 nitrogen and oxygen atoms in total. The van der Waals surface area contributed by atoms with Crippen molar-refractivity contribution in [3.05, 3.63) is 24.3 Å². The molecule has 0 aromatic heterocycles. The number of nitrogens with one attached hydrogen (secondary N) is 2. The molecular weight excluding hydrogens is 236 g/mol. The maximum Gasteiger partial charge on any atom is 0.226 e. The summed E-state index contributed by atoms with van der Waals surface area (Å²) in [6, 6.07) is 8.39. The Kier molecular flexibility index (Phi) is 6.40. The van der Waals surface area contributed by atoms with E-state index in [9.17, 15) is 4.79 Å². The van der Waals surface area contributed by atoms with Gasteiger partial charge < -0.3 is 10.6 Å². The molecule has 19 heavy (non-hydrogen) atoms. The van der Waals surface area contributed by atoms with Crippen molar-refractivity contribution in [2.45, 2.75) is 53.0 Å². The summed E-state index contributed by atoms with van der Waals surface area (Å²) in [7, 11) is 0. The summed E-state index contributed by atoms with van der Waals surface area (Å²) in [5, 5.41) is 6.36. The molecule has 1 aromatic rings. The van der Waals surface area contributed by atoms with Crippen LogP contribution in [0.15, 0.2) is 24.3 Å². The van der Waals surface area contributed by atoms with Crippen LogP contribution in [-0.2, 0) is 4.79 Å². The Balaban J connectivity index is 2.49. The lowest BCUT2D eigenvalue weighted by molar-refractivity contribution is -0.118. The van der Waals surface area contributed by atoms with Gasteiger partial charge in [-0.05, 0) is 37.6 Å². The fourth-order valence-corrected chi connectivity index (χ4v) is 1.80. The first kappa shape index (κ1) is 15.5. The molecule has 2 N–H and O–H groups in total. The molecule has 1 rings (SSSR count). The third kappa shape index (κ3) is 5.77. The fourth-order valence-electron chi connectivity index (χ4n) is 1.80. The highest BCUT2D eigenvalue weighted by Gasteiger charge is 2.07. The van der Waals surface area contributed by atoms with Crippen LogP contribution in [-0.4, -0.2) is 11.9 Å². The van der Waals surface area contributed by atoms with Crippen LogP contribution in [0.25, 0.3) is 0 Å². The van der Waals surface area contributed by atoms with Gasteiger partial charge in [-0.1, -0.05) is 33.6 Å². The van der Waals surface area contributed by atoms with E-state index in [0.29, 0.717) is 6.04 Å². The molecule has 0 aliphatic rings. The van der Waals surface area contributed by atoms with Crippen molar-refractivity contribution in [3.63, 3.8) is 0 Å². The lowest BCUT2D eigenvalue weighted by atomic mass is 10.1. The van der Waals surface area contributed by atoms with Crippen LogP contribution in [0.3, 0.4) is 0 Å². The van der Waals surface area contributed by atoms with Crippen LogP contribution < -0.4 is 10.6 Å². The topological polar surface area (TPSA) is 41.1 Å². The van der Waals surface area contributed by atoms with Crippen molar-refractivity contribution in [2.24, 2.45) is 5.92 Å². The van der Waals surface area contributed by atoms with E-state index in [1.165, 1.54) is 19.3 Å². The Labute approximate surface area is 116 Å². The molecule has 1 amide bonds. The van der Waals surface area contributed by atoms with Gasteiger partial charge in [0.15, 0.2) is 0 Å². The average Bonchev–Trinajstić information content (AvgIpc) is 2.38. The minimum Gasteiger partial charge on any atom is -0.383 e. The maximum absolute atomic E-state index is 11.6. The Morgan fingerprint density at radius 3 is 2.21 bits per heavy atom. The van der Waals surface area contributed by atoms with Gasteiger partial charge in [0, 0.05) is 23.3 Å². The first-order valence-corrected chi connectivity index (χ1v) is 7.20. The number of hydrogen-bond donors (Lipinski definition) is 2. The zero-order valence-corrected chi connectivity index (χ0v) is 12.5. The zero-order valence-electron chi connectivity index (χ0n) is 12.5. The summed E-state index contributed by atoms with van der Waals surface area (Å²) in [6.07, 6.45) is 3.66. The van der Waals surface area contributed by atoms with Crippen LogP contribution in [0.4, 0.5) is 11.4 Å². The molecule has 0 spiro atoms. The molecule has 0 heterocycles. The molecule has 0 fully saturated rings. The highest BCUT2D eigenvalue weighted by atomic mass is 16.1. The molecule has 1 atom stereocenters. The largest absolute Gasteiger partial charge is 0.383 e. The van der Waals surface area contributed by atoms with Gasteiger partial charge in [0.2, 0.25) is 5.91 Å². The highest BCUT2D eigenvalue weighted by molar-refractivity contribution is 5.92. The molecular formula is C16H26N2O. The van der Waals surface area contributed by atoms with Gasteiger partial charge in [-0.25, -0.2) is 0 Å². The monoisotopic (exact) mass is 262 g/mol. The molecule has 1 unspecified atom stereocenters. The fraction of sp³-hybridized carbons (Fsp3) is 0.562. The van der Waals surface area contributed by atoms with Crippen molar-refractivity contribution in [3.8, 4) is 0 Å². The summed E-state index contributed by atoms with van der Waals surface area (Å²) >= 11 is 0. The van der Waals surface area contributed by atoms with Crippen molar-refractivity contribution >= 4 is 17.3 Å². The second kappa shape index (κ2) is 7.82. The van der Waals surface area contributed by atoms with Crippen molar-refractivity contribution < 1.29 is 4.79 Å². The SMILES string of the molecule is CCCCC(C)Nc1ccc(NC(=O)C(C)C)cc1. The second-order valence-corrected chi connectivity index (χ2v) is 5.41. The van der Waals surface area contributed by atoms with Gasteiger partial charge in [-0.15, -0.1) is 0 Å². The number of rotatable bonds is 7. The van der Waals surface area contributed by atoms with Gasteiger partial charge in [0.05, 0.1) is 0 Å². The van der Waals surface area contributed by atoms with Crippen molar-refractivity contribution in [1.29, 1.82) is 0 Å². The number of amides is 1. The second-order valence-electron chi connectivity index (χ2n) is 5.41. The van der Waals surface area contributed by atoms with Crippen LogP contribution >= 0.6 is 0 Å². The van der Waals surface area contributed by atoms with Crippen LogP contribution in [0.2, 0.25) is 0 Å². The Bertz CT molecular complexity index is 384.